The Morgan fingerprint density at radius 1 is 1.53 bits per heavy atom. The molecule has 0 radical (unpaired) electrons. The number of methoxy groups -OCH3 is 1. The highest BCUT2D eigenvalue weighted by Gasteiger charge is 2.35. The molecule has 1 rings (SSSR count). The number of hydrogen-bond donors (Lipinski definition) is 1. The molecule has 0 fully saturated rings. The fourth-order valence-corrected chi connectivity index (χ4v) is 0.788. The number of anilines is 1. The fraction of sp³-hybridized carbons (Fsp3) is 0.286. The maximum Gasteiger partial charge on any atom is 0.451 e. The van der Waals surface area contributed by atoms with Gasteiger partial charge < -0.3 is 10.5 Å². The zero-order valence-corrected chi connectivity index (χ0v) is 7.50. The minimum atomic E-state index is -4.73. The van der Waals surface area contributed by atoms with E-state index >= 15 is 0 Å². The van der Waals surface area contributed by atoms with Gasteiger partial charge in [0.05, 0.1) is 19.0 Å². The SMILES string of the molecule is COC(=O)c1nc(C(F)(F)F)ncc1N. The van der Waals surface area contributed by atoms with Gasteiger partial charge in [0.15, 0.2) is 5.69 Å². The highest BCUT2D eigenvalue weighted by Crippen LogP contribution is 2.26. The minimum Gasteiger partial charge on any atom is -0.464 e. The number of nitrogens with two attached hydrogens (primary N) is 1. The molecule has 82 valence electrons. The van der Waals surface area contributed by atoms with Crippen molar-refractivity contribution in [1.29, 1.82) is 0 Å². The first kappa shape index (κ1) is 11.2. The smallest absolute Gasteiger partial charge is 0.451 e. The highest BCUT2D eigenvalue weighted by atomic mass is 19.4. The van der Waals surface area contributed by atoms with Crippen molar-refractivity contribution in [3.05, 3.63) is 17.7 Å². The van der Waals surface area contributed by atoms with Gasteiger partial charge in [-0.25, -0.2) is 14.8 Å². The molecule has 0 unspecified atom stereocenters. The van der Waals surface area contributed by atoms with Gasteiger partial charge in [-0.1, -0.05) is 0 Å². The third-order valence-corrected chi connectivity index (χ3v) is 1.45. The molecule has 0 spiro atoms. The van der Waals surface area contributed by atoms with E-state index in [-0.39, 0.29) is 5.69 Å². The Morgan fingerprint density at radius 3 is 2.60 bits per heavy atom. The van der Waals surface area contributed by atoms with Gasteiger partial charge in [-0.3, -0.25) is 0 Å². The summed E-state index contributed by atoms with van der Waals surface area (Å²) in [4.78, 5) is 16.9. The number of carbonyl (C=O) groups excluding carboxylic acids is 1. The first-order chi connectivity index (χ1) is 6.86. The molecule has 0 aromatic carbocycles. The fourth-order valence-electron chi connectivity index (χ4n) is 0.788. The van der Waals surface area contributed by atoms with Crippen LogP contribution in [0.2, 0.25) is 0 Å². The Hall–Kier alpha value is -1.86. The molecule has 0 aliphatic heterocycles. The van der Waals surface area contributed by atoms with Crippen molar-refractivity contribution in [1.82, 2.24) is 9.97 Å². The second-order valence-electron chi connectivity index (χ2n) is 2.49. The average molecular weight is 221 g/mol. The monoisotopic (exact) mass is 221 g/mol. The van der Waals surface area contributed by atoms with Crippen molar-refractivity contribution in [3.8, 4) is 0 Å². The quantitative estimate of drug-likeness (QED) is 0.711. The Bertz CT molecular complexity index is 392. The van der Waals surface area contributed by atoms with Crippen molar-refractivity contribution >= 4 is 11.7 Å². The van der Waals surface area contributed by atoms with Gasteiger partial charge in [-0.15, -0.1) is 0 Å². The summed E-state index contributed by atoms with van der Waals surface area (Å²) < 4.78 is 40.7. The predicted octanol–water partition coefficient (Wildman–Crippen LogP) is 0.864. The van der Waals surface area contributed by atoms with Crippen LogP contribution in [0, 0.1) is 0 Å². The van der Waals surface area contributed by atoms with Crippen LogP contribution in [-0.2, 0) is 10.9 Å². The zero-order valence-electron chi connectivity index (χ0n) is 7.50. The topological polar surface area (TPSA) is 78.1 Å². The Kier molecular flexibility index (Phi) is 2.78. The lowest BCUT2D eigenvalue weighted by atomic mass is 10.3. The minimum absolute atomic E-state index is 0.269. The van der Waals surface area contributed by atoms with Crippen LogP contribution in [0.3, 0.4) is 0 Å². The average Bonchev–Trinajstić information content (AvgIpc) is 2.15. The van der Waals surface area contributed by atoms with Crippen molar-refractivity contribution in [3.63, 3.8) is 0 Å². The first-order valence-corrected chi connectivity index (χ1v) is 3.64. The van der Waals surface area contributed by atoms with E-state index in [0.717, 1.165) is 7.11 Å². The first-order valence-electron chi connectivity index (χ1n) is 3.64. The van der Waals surface area contributed by atoms with E-state index in [0.29, 0.717) is 6.20 Å². The van der Waals surface area contributed by atoms with Crippen LogP contribution in [-0.4, -0.2) is 23.0 Å². The zero-order chi connectivity index (χ0) is 11.6. The summed E-state index contributed by atoms with van der Waals surface area (Å²) in [5.41, 5.74) is 4.35. The lowest BCUT2D eigenvalue weighted by Crippen LogP contribution is -2.17. The molecule has 8 heteroatoms. The highest BCUT2D eigenvalue weighted by molar-refractivity contribution is 5.92. The Morgan fingerprint density at radius 2 is 2.13 bits per heavy atom. The molecule has 0 aliphatic carbocycles. The van der Waals surface area contributed by atoms with Gasteiger partial charge in [0.25, 0.3) is 0 Å². The van der Waals surface area contributed by atoms with Crippen LogP contribution in [0.15, 0.2) is 6.20 Å². The second kappa shape index (κ2) is 3.71. The predicted molar refractivity (Wildman–Crippen MR) is 42.8 cm³/mol. The number of hydrogen-bond acceptors (Lipinski definition) is 5. The third kappa shape index (κ3) is 2.33. The number of rotatable bonds is 1. The summed E-state index contributed by atoms with van der Waals surface area (Å²) in [5, 5.41) is 0. The maximum absolute atomic E-state index is 12.1. The molecule has 15 heavy (non-hydrogen) atoms. The lowest BCUT2D eigenvalue weighted by molar-refractivity contribution is -0.145. The van der Waals surface area contributed by atoms with E-state index in [4.69, 9.17) is 5.73 Å². The molecule has 0 saturated heterocycles. The Balaban J connectivity index is 3.23. The van der Waals surface area contributed by atoms with E-state index in [2.05, 4.69) is 14.7 Å². The van der Waals surface area contributed by atoms with Gasteiger partial charge in [0.1, 0.15) is 0 Å². The molecular weight excluding hydrogens is 215 g/mol. The molecule has 2 N–H and O–H groups in total. The third-order valence-electron chi connectivity index (χ3n) is 1.45. The standard InChI is InChI=1S/C7H6F3N3O2/c1-15-5(14)4-3(11)2-12-6(13-4)7(8,9)10/h2H,11H2,1H3. The van der Waals surface area contributed by atoms with Crippen LogP contribution in [0.1, 0.15) is 16.3 Å². The van der Waals surface area contributed by atoms with Crippen molar-refractivity contribution < 1.29 is 22.7 Å². The van der Waals surface area contributed by atoms with E-state index in [9.17, 15) is 18.0 Å². The summed E-state index contributed by atoms with van der Waals surface area (Å²) in [6.07, 6.45) is -4.02. The number of aromatic nitrogens is 2. The maximum atomic E-state index is 12.1. The number of esters is 1. The molecule has 0 amide bonds. The van der Waals surface area contributed by atoms with E-state index in [1.165, 1.54) is 0 Å². The van der Waals surface area contributed by atoms with E-state index < -0.39 is 23.7 Å². The van der Waals surface area contributed by atoms with Crippen LogP contribution in [0.25, 0.3) is 0 Å². The second-order valence-corrected chi connectivity index (χ2v) is 2.49. The summed E-state index contributed by atoms with van der Waals surface area (Å²) in [6, 6.07) is 0. The number of ether oxygens (including phenoxy) is 1. The molecule has 1 aromatic rings. The van der Waals surface area contributed by atoms with Gasteiger partial charge in [-0.2, -0.15) is 13.2 Å². The molecular formula is C7H6F3N3O2. The summed E-state index contributed by atoms with van der Waals surface area (Å²) in [7, 11) is 1.01. The van der Waals surface area contributed by atoms with Crippen LogP contribution in [0.4, 0.5) is 18.9 Å². The van der Waals surface area contributed by atoms with Gasteiger partial charge in [-0.05, 0) is 0 Å². The number of nitrogens with zero attached hydrogens (tertiary/aromatic N) is 2. The largest absolute Gasteiger partial charge is 0.464 e. The Labute approximate surface area is 82.1 Å². The summed E-state index contributed by atoms with van der Waals surface area (Å²) in [5.74, 6) is -2.47. The van der Waals surface area contributed by atoms with Crippen molar-refractivity contribution in [2.24, 2.45) is 0 Å². The van der Waals surface area contributed by atoms with Crippen molar-refractivity contribution in [2.45, 2.75) is 6.18 Å². The van der Waals surface area contributed by atoms with E-state index in [1.807, 2.05) is 0 Å². The van der Waals surface area contributed by atoms with Gasteiger partial charge >= 0.3 is 12.1 Å². The molecule has 1 aromatic heterocycles. The molecule has 0 aliphatic rings. The molecule has 0 bridgehead atoms. The molecule has 0 atom stereocenters. The van der Waals surface area contributed by atoms with Crippen molar-refractivity contribution in [2.75, 3.05) is 12.8 Å². The molecule has 5 nitrogen and oxygen atoms in total. The summed E-state index contributed by atoms with van der Waals surface area (Å²) >= 11 is 0. The number of halogens is 3. The van der Waals surface area contributed by atoms with Crippen LogP contribution >= 0.6 is 0 Å². The van der Waals surface area contributed by atoms with E-state index in [1.54, 1.807) is 0 Å². The molecule has 1 heterocycles. The van der Waals surface area contributed by atoms with Gasteiger partial charge in [0.2, 0.25) is 5.82 Å². The normalized spacial score (nSPS) is 11.2. The number of nitrogen functional groups attached to an aromatic ring is 1. The summed E-state index contributed by atoms with van der Waals surface area (Å²) in [6.45, 7) is 0. The number of alkyl halides is 3. The molecule has 0 saturated carbocycles. The lowest BCUT2D eigenvalue weighted by Gasteiger charge is -2.07. The van der Waals surface area contributed by atoms with Crippen LogP contribution in [0.5, 0.6) is 0 Å². The van der Waals surface area contributed by atoms with Gasteiger partial charge in [0, 0.05) is 0 Å². The number of carbonyl (C=O) groups is 1. The van der Waals surface area contributed by atoms with Crippen LogP contribution < -0.4 is 5.73 Å².